The summed E-state index contributed by atoms with van der Waals surface area (Å²) in [4.78, 5) is 14.5. The molecule has 0 bridgehead atoms. The molecule has 0 aliphatic rings. The van der Waals surface area contributed by atoms with Gasteiger partial charge in [-0.1, -0.05) is 0 Å². The van der Waals surface area contributed by atoms with E-state index in [-0.39, 0.29) is 11.6 Å². The molecule has 0 saturated carbocycles. The number of rotatable bonds is 6. The average Bonchev–Trinajstić information content (AvgIpc) is 2.86. The van der Waals surface area contributed by atoms with Crippen molar-refractivity contribution in [2.75, 3.05) is 19.0 Å². The molecule has 0 aliphatic carbocycles. The lowest BCUT2D eigenvalue weighted by Crippen LogP contribution is -2.25. The van der Waals surface area contributed by atoms with Crippen LogP contribution in [0.1, 0.15) is 24.1 Å². The third kappa shape index (κ3) is 4.05. The predicted octanol–water partition coefficient (Wildman–Crippen LogP) is 0.854. The van der Waals surface area contributed by atoms with E-state index in [1.165, 1.54) is 6.20 Å². The highest BCUT2D eigenvalue weighted by Crippen LogP contribution is 2.11. The fraction of sp³-hybridized carbons (Fsp3) is 0.500. The first-order chi connectivity index (χ1) is 10.7. The van der Waals surface area contributed by atoms with Crippen LogP contribution in [0.5, 0.6) is 0 Å². The Labute approximate surface area is 136 Å². The number of aromatic nitrogens is 4. The maximum atomic E-state index is 12.3. The molecule has 9 heteroatoms. The number of hydrogen-bond acceptors (Lipinski definition) is 6. The molecule has 0 aliphatic heterocycles. The topological polar surface area (TPSA) is 93.0 Å². The van der Waals surface area contributed by atoms with Crippen LogP contribution in [0.25, 0.3) is 0 Å². The number of nitrogens with zero attached hydrogens (tertiary/aromatic N) is 5. The Morgan fingerprint density at radius 1 is 1.22 bits per heavy atom. The zero-order chi connectivity index (χ0) is 17.2. The lowest BCUT2D eigenvalue weighted by Gasteiger charge is -2.12. The van der Waals surface area contributed by atoms with Crippen molar-refractivity contribution in [2.24, 2.45) is 0 Å². The molecule has 126 valence electrons. The summed E-state index contributed by atoms with van der Waals surface area (Å²) < 4.78 is 29.0. The predicted molar refractivity (Wildman–Crippen MR) is 87.8 cm³/mol. The highest BCUT2D eigenvalue weighted by atomic mass is 32.2. The van der Waals surface area contributed by atoms with Gasteiger partial charge in [-0.05, 0) is 26.8 Å². The van der Waals surface area contributed by atoms with Gasteiger partial charge in [0.05, 0.1) is 12.2 Å². The van der Waals surface area contributed by atoms with Crippen molar-refractivity contribution in [3.05, 3.63) is 29.5 Å². The molecular weight excluding hydrogens is 316 g/mol. The van der Waals surface area contributed by atoms with Crippen molar-refractivity contribution < 1.29 is 8.42 Å². The summed E-state index contributed by atoms with van der Waals surface area (Å²) in [5, 5.41) is 0.0236. The summed E-state index contributed by atoms with van der Waals surface area (Å²) in [6.07, 6.45) is 1.54. The first-order valence-corrected chi connectivity index (χ1v) is 8.76. The van der Waals surface area contributed by atoms with E-state index < -0.39 is 10.0 Å². The highest BCUT2D eigenvalue weighted by Gasteiger charge is 2.19. The Hall–Kier alpha value is -2.00. The summed E-state index contributed by atoms with van der Waals surface area (Å²) in [6, 6.07) is 1.76. The summed E-state index contributed by atoms with van der Waals surface area (Å²) in [5.41, 5.74) is 1.39. The molecular formula is C14H22N6O2S. The summed E-state index contributed by atoms with van der Waals surface area (Å²) >= 11 is 0. The minimum absolute atomic E-state index is 0.0236. The van der Waals surface area contributed by atoms with Crippen LogP contribution in [0.15, 0.2) is 17.3 Å². The highest BCUT2D eigenvalue weighted by molar-refractivity contribution is 7.89. The van der Waals surface area contributed by atoms with Crippen molar-refractivity contribution in [2.45, 2.75) is 38.9 Å². The molecule has 0 radical (unpaired) electrons. The van der Waals surface area contributed by atoms with Gasteiger partial charge in [0, 0.05) is 32.5 Å². The zero-order valence-corrected chi connectivity index (χ0v) is 14.8. The number of hydrogen-bond donors (Lipinski definition) is 1. The van der Waals surface area contributed by atoms with Gasteiger partial charge in [0.15, 0.2) is 5.03 Å². The van der Waals surface area contributed by atoms with Gasteiger partial charge in [0.1, 0.15) is 5.82 Å². The van der Waals surface area contributed by atoms with Gasteiger partial charge in [0.2, 0.25) is 5.95 Å². The molecule has 0 saturated heterocycles. The van der Waals surface area contributed by atoms with Gasteiger partial charge >= 0.3 is 0 Å². The van der Waals surface area contributed by atoms with E-state index in [9.17, 15) is 8.42 Å². The van der Waals surface area contributed by atoms with E-state index in [0.29, 0.717) is 24.0 Å². The third-order valence-electron chi connectivity index (χ3n) is 3.31. The maximum Gasteiger partial charge on any atom is 0.259 e. The van der Waals surface area contributed by atoms with Crippen molar-refractivity contribution in [3.63, 3.8) is 0 Å². The van der Waals surface area contributed by atoms with Gasteiger partial charge in [-0.3, -0.25) is 0 Å². The third-order valence-corrected chi connectivity index (χ3v) is 4.58. The van der Waals surface area contributed by atoms with Crippen LogP contribution in [-0.2, 0) is 23.1 Å². The second kappa shape index (κ2) is 6.63. The lowest BCUT2D eigenvalue weighted by atomic mass is 10.3. The second-order valence-electron chi connectivity index (χ2n) is 5.43. The molecule has 2 rings (SSSR count). The number of nitrogens with one attached hydrogen (secondary N) is 1. The number of aryl methyl sites for hydroxylation is 3. The van der Waals surface area contributed by atoms with Crippen LogP contribution in [0.3, 0.4) is 0 Å². The molecule has 0 spiro atoms. The van der Waals surface area contributed by atoms with E-state index in [1.807, 2.05) is 27.9 Å². The standard InChI is InChI=1S/C14H22N6O2S/c1-6-20-9-13(17-11(20)3)23(21,22)15-8-12-7-10(2)16-14(18-12)19(4)5/h7,9,15H,6,8H2,1-5H3. The normalized spacial score (nSPS) is 11.7. The molecule has 2 aromatic heterocycles. The van der Waals surface area contributed by atoms with Gasteiger partial charge in [-0.25, -0.2) is 28.1 Å². The van der Waals surface area contributed by atoms with Crippen LogP contribution in [0.2, 0.25) is 0 Å². The quantitative estimate of drug-likeness (QED) is 0.839. The van der Waals surface area contributed by atoms with Gasteiger partial charge in [-0.15, -0.1) is 0 Å². The van der Waals surface area contributed by atoms with E-state index in [0.717, 1.165) is 5.69 Å². The van der Waals surface area contributed by atoms with Gasteiger partial charge < -0.3 is 9.47 Å². The molecule has 0 unspecified atom stereocenters. The molecule has 0 aromatic carbocycles. The fourth-order valence-electron chi connectivity index (χ4n) is 2.08. The molecule has 0 atom stereocenters. The minimum atomic E-state index is -3.67. The molecule has 23 heavy (non-hydrogen) atoms. The Kier molecular flexibility index (Phi) is 5.00. The monoisotopic (exact) mass is 338 g/mol. The molecule has 0 fully saturated rings. The van der Waals surface area contributed by atoms with Gasteiger partial charge in [-0.2, -0.15) is 0 Å². The van der Waals surface area contributed by atoms with Crippen LogP contribution < -0.4 is 9.62 Å². The van der Waals surface area contributed by atoms with Gasteiger partial charge in [0.25, 0.3) is 10.0 Å². The first-order valence-electron chi connectivity index (χ1n) is 7.28. The van der Waals surface area contributed by atoms with Crippen molar-refractivity contribution in [1.82, 2.24) is 24.2 Å². The number of anilines is 1. The summed E-state index contributed by atoms with van der Waals surface area (Å²) in [6.45, 7) is 6.32. The van der Waals surface area contributed by atoms with E-state index >= 15 is 0 Å². The maximum absolute atomic E-state index is 12.3. The van der Waals surface area contributed by atoms with Crippen LogP contribution in [-0.4, -0.2) is 42.0 Å². The average molecular weight is 338 g/mol. The smallest absolute Gasteiger partial charge is 0.259 e. The van der Waals surface area contributed by atoms with Crippen molar-refractivity contribution in [3.8, 4) is 0 Å². The molecule has 1 N–H and O–H groups in total. The van der Waals surface area contributed by atoms with Crippen LogP contribution in [0, 0.1) is 13.8 Å². The largest absolute Gasteiger partial charge is 0.347 e. The molecule has 2 heterocycles. The Balaban J connectivity index is 2.19. The van der Waals surface area contributed by atoms with E-state index in [4.69, 9.17) is 0 Å². The summed E-state index contributed by atoms with van der Waals surface area (Å²) in [7, 11) is 0.000262. The Bertz CT molecular complexity index is 798. The molecule has 2 aromatic rings. The molecule has 8 nitrogen and oxygen atoms in total. The van der Waals surface area contributed by atoms with Crippen molar-refractivity contribution >= 4 is 16.0 Å². The first kappa shape index (κ1) is 17.4. The minimum Gasteiger partial charge on any atom is -0.347 e. The second-order valence-corrected chi connectivity index (χ2v) is 7.15. The molecule has 0 amide bonds. The number of sulfonamides is 1. The summed E-state index contributed by atoms with van der Waals surface area (Å²) in [5.74, 6) is 1.21. The van der Waals surface area contributed by atoms with Crippen LogP contribution in [0.4, 0.5) is 5.95 Å². The fourth-order valence-corrected chi connectivity index (χ4v) is 3.08. The Morgan fingerprint density at radius 3 is 2.48 bits per heavy atom. The van der Waals surface area contributed by atoms with E-state index in [2.05, 4.69) is 19.7 Å². The van der Waals surface area contributed by atoms with E-state index in [1.54, 1.807) is 22.5 Å². The van der Waals surface area contributed by atoms with Crippen LogP contribution >= 0.6 is 0 Å². The Morgan fingerprint density at radius 2 is 1.91 bits per heavy atom. The lowest BCUT2D eigenvalue weighted by molar-refractivity contribution is 0.576. The SMILES string of the molecule is CCn1cc(S(=O)(=O)NCc2cc(C)nc(N(C)C)n2)nc1C. The zero-order valence-electron chi connectivity index (χ0n) is 14.0. The number of imidazole rings is 1. The van der Waals surface area contributed by atoms with Crippen molar-refractivity contribution in [1.29, 1.82) is 0 Å².